The zero-order valence-corrected chi connectivity index (χ0v) is 18.2. The predicted octanol–water partition coefficient (Wildman–Crippen LogP) is 5.78. The number of fused-ring (bicyclic) bond motifs is 1. The maximum absolute atomic E-state index is 11.3. The molecule has 0 saturated carbocycles. The third-order valence-corrected chi connectivity index (χ3v) is 6.76. The number of hydrogen-bond donors (Lipinski definition) is 0. The summed E-state index contributed by atoms with van der Waals surface area (Å²) in [7, 11) is 0. The van der Waals surface area contributed by atoms with Crippen molar-refractivity contribution in [3.63, 3.8) is 0 Å². The highest BCUT2D eigenvalue weighted by molar-refractivity contribution is 7.12. The summed E-state index contributed by atoms with van der Waals surface area (Å²) in [5.74, 6) is 7.40. The minimum Gasteiger partial charge on any atom is -0.493 e. The molecule has 2 heterocycles. The van der Waals surface area contributed by atoms with E-state index >= 15 is 0 Å². The van der Waals surface area contributed by atoms with E-state index in [1.807, 2.05) is 5.38 Å². The average Bonchev–Trinajstić information content (AvgIpc) is 3.06. The fraction of sp³-hybridized carbons (Fsp3) is 0.458. The number of hydrogen-bond acceptors (Lipinski definition) is 4. The van der Waals surface area contributed by atoms with Crippen LogP contribution in [0.15, 0.2) is 17.5 Å². The van der Waals surface area contributed by atoms with Gasteiger partial charge in [-0.15, -0.1) is 11.3 Å². The van der Waals surface area contributed by atoms with Crippen molar-refractivity contribution in [2.24, 2.45) is 0 Å². The molecule has 3 rings (SSSR count). The van der Waals surface area contributed by atoms with E-state index in [-0.39, 0.29) is 11.4 Å². The molecule has 0 atom stereocenters. The molecule has 1 aliphatic rings. The lowest BCUT2D eigenvalue weighted by Gasteiger charge is -2.38. The predicted molar refractivity (Wildman–Crippen MR) is 115 cm³/mol. The zero-order chi connectivity index (χ0) is 20.3. The van der Waals surface area contributed by atoms with Gasteiger partial charge in [-0.3, -0.25) is 4.79 Å². The van der Waals surface area contributed by atoms with Gasteiger partial charge in [0.05, 0.1) is 6.61 Å². The van der Waals surface area contributed by atoms with E-state index in [1.165, 1.54) is 23.8 Å². The fourth-order valence-electron chi connectivity index (χ4n) is 3.98. The van der Waals surface area contributed by atoms with E-state index in [0.717, 1.165) is 60.3 Å². The molecule has 0 bridgehead atoms. The van der Waals surface area contributed by atoms with Gasteiger partial charge >= 0.3 is 5.97 Å². The van der Waals surface area contributed by atoms with E-state index < -0.39 is 0 Å². The standard InChI is InChI=1S/C24H28O3S/c1-6-20-19(15-28-23(20)27-17(5)25)10-9-18-14-21-22(13-16(18)4)26-12-11-24(21,7-2)8-3/h13-15H,6-8,11-12H2,1-5H3. The Morgan fingerprint density at radius 3 is 2.57 bits per heavy atom. The summed E-state index contributed by atoms with van der Waals surface area (Å²) in [5, 5.41) is 2.63. The monoisotopic (exact) mass is 396 g/mol. The van der Waals surface area contributed by atoms with Crippen LogP contribution in [-0.4, -0.2) is 12.6 Å². The van der Waals surface area contributed by atoms with Gasteiger partial charge in [0.1, 0.15) is 5.75 Å². The lowest BCUT2D eigenvalue weighted by atomic mass is 9.71. The van der Waals surface area contributed by atoms with Crippen molar-refractivity contribution in [1.82, 2.24) is 0 Å². The lowest BCUT2D eigenvalue weighted by molar-refractivity contribution is -0.131. The van der Waals surface area contributed by atoms with E-state index in [4.69, 9.17) is 9.47 Å². The Bertz CT molecular complexity index is 939. The second-order valence-corrected chi connectivity index (χ2v) is 8.20. The van der Waals surface area contributed by atoms with Crippen LogP contribution in [0, 0.1) is 18.8 Å². The SMILES string of the molecule is CCc1c(C#Cc2cc3c(cc2C)OCCC3(CC)CC)csc1OC(C)=O. The Morgan fingerprint density at radius 1 is 1.21 bits per heavy atom. The van der Waals surface area contributed by atoms with Crippen LogP contribution in [0.1, 0.15) is 74.8 Å². The van der Waals surface area contributed by atoms with Gasteiger partial charge in [0.15, 0.2) is 5.06 Å². The molecule has 0 fully saturated rings. The molecule has 1 aromatic heterocycles. The molecule has 148 valence electrons. The van der Waals surface area contributed by atoms with Crippen molar-refractivity contribution < 1.29 is 14.3 Å². The van der Waals surface area contributed by atoms with E-state index in [1.54, 1.807) is 0 Å². The maximum Gasteiger partial charge on any atom is 0.308 e. The quantitative estimate of drug-likeness (QED) is 0.485. The number of carbonyl (C=O) groups excluding carboxylic acids is 1. The van der Waals surface area contributed by atoms with Crippen molar-refractivity contribution in [2.75, 3.05) is 6.61 Å². The van der Waals surface area contributed by atoms with Crippen molar-refractivity contribution in [3.05, 3.63) is 45.3 Å². The first kappa shape index (κ1) is 20.5. The molecule has 0 aliphatic carbocycles. The van der Waals surface area contributed by atoms with Gasteiger partial charge in [-0.05, 0) is 50.3 Å². The minimum absolute atomic E-state index is 0.178. The second kappa shape index (κ2) is 8.41. The molecule has 1 aromatic carbocycles. The average molecular weight is 397 g/mol. The fourth-order valence-corrected chi connectivity index (χ4v) is 4.97. The van der Waals surface area contributed by atoms with Crippen LogP contribution in [0.2, 0.25) is 0 Å². The van der Waals surface area contributed by atoms with Crippen LogP contribution < -0.4 is 9.47 Å². The van der Waals surface area contributed by atoms with Gasteiger partial charge in [-0.1, -0.05) is 32.6 Å². The maximum atomic E-state index is 11.3. The van der Waals surface area contributed by atoms with Crippen molar-refractivity contribution in [3.8, 4) is 22.7 Å². The number of aryl methyl sites for hydroxylation is 1. The normalized spacial score (nSPS) is 14.5. The number of esters is 1. The minimum atomic E-state index is -0.294. The number of ether oxygens (including phenoxy) is 2. The first-order chi connectivity index (χ1) is 13.4. The van der Waals surface area contributed by atoms with Gasteiger partial charge in [-0.25, -0.2) is 0 Å². The molecule has 4 heteroatoms. The largest absolute Gasteiger partial charge is 0.493 e. The van der Waals surface area contributed by atoms with Gasteiger partial charge < -0.3 is 9.47 Å². The number of benzene rings is 1. The smallest absolute Gasteiger partial charge is 0.308 e. The number of carbonyl (C=O) groups is 1. The summed E-state index contributed by atoms with van der Waals surface area (Å²) in [6, 6.07) is 4.37. The highest BCUT2D eigenvalue weighted by Gasteiger charge is 2.35. The summed E-state index contributed by atoms with van der Waals surface area (Å²) in [5.41, 5.74) is 5.58. The molecule has 28 heavy (non-hydrogen) atoms. The lowest BCUT2D eigenvalue weighted by Crippen LogP contribution is -2.32. The third kappa shape index (κ3) is 3.82. The highest BCUT2D eigenvalue weighted by atomic mass is 32.1. The van der Waals surface area contributed by atoms with Crippen LogP contribution in [0.25, 0.3) is 0 Å². The molecule has 0 unspecified atom stereocenters. The Balaban J connectivity index is 2.02. The Hall–Kier alpha value is -2.25. The molecule has 2 aromatic rings. The van der Waals surface area contributed by atoms with Crippen molar-refractivity contribution >= 4 is 17.3 Å². The Kier molecular flexibility index (Phi) is 6.15. The van der Waals surface area contributed by atoms with Gasteiger partial charge in [0, 0.05) is 40.0 Å². The first-order valence-electron chi connectivity index (χ1n) is 10.0. The Labute approximate surface area is 172 Å². The summed E-state index contributed by atoms with van der Waals surface area (Å²) < 4.78 is 11.3. The van der Waals surface area contributed by atoms with E-state index in [0.29, 0.717) is 5.06 Å². The summed E-state index contributed by atoms with van der Waals surface area (Å²) >= 11 is 1.43. The third-order valence-electron chi connectivity index (χ3n) is 5.87. The van der Waals surface area contributed by atoms with Crippen LogP contribution in [0.5, 0.6) is 10.8 Å². The summed E-state index contributed by atoms with van der Waals surface area (Å²) in [6.45, 7) is 10.9. The van der Waals surface area contributed by atoms with Gasteiger partial charge in [0.2, 0.25) is 0 Å². The van der Waals surface area contributed by atoms with Crippen LogP contribution >= 0.6 is 11.3 Å². The van der Waals surface area contributed by atoms with Crippen LogP contribution in [0.4, 0.5) is 0 Å². The molecule has 3 nitrogen and oxygen atoms in total. The highest BCUT2D eigenvalue weighted by Crippen LogP contribution is 2.44. The van der Waals surface area contributed by atoms with E-state index in [2.05, 4.69) is 51.7 Å². The van der Waals surface area contributed by atoms with Crippen LogP contribution in [0.3, 0.4) is 0 Å². The molecule has 0 N–H and O–H groups in total. The molecule has 1 aliphatic heterocycles. The van der Waals surface area contributed by atoms with Gasteiger partial charge in [0.25, 0.3) is 0 Å². The molecule has 0 radical (unpaired) electrons. The summed E-state index contributed by atoms with van der Waals surface area (Å²) in [4.78, 5) is 11.3. The second-order valence-electron chi connectivity index (χ2n) is 7.36. The number of thiophene rings is 1. The van der Waals surface area contributed by atoms with Gasteiger partial charge in [-0.2, -0.15) is 0 Å². The molecular weight excluding hydrogens is 368 g/mol. The molecule has 0 saturated heterocycles. The molecule has 0 spiro atoms. The Morgan fingerprint density at radius 2 is 1.93 bits per heavy atom. The van der Waals surface area contributed by atoms with Crippen molar-refractivity contribution in [1.29, 1.82) is 0 Å². The number of rotatable bonds is 4. The zero-order valence-electron chi connectivity index (χ0n) is 17.4. The van der Waals surface area contributed by atoms with Crippen LogP contribution in [-0.2, 0) is 16.6 Å². The molecular formula is C24H28O3S. The topological polar surface area (TPSA) is 35.5 Å². The molecule has 0 amide bonds. The first-order valence-corrected chi connectivity index (χ1v) is 10.9. The van der Waals surface area contributed by atoms with E-state index in [9.17, 15) is 4.79 Å². The summed E-state index contributed by atoms with van der Waals surface area (Å²) in [6.07, 6.45) is 4.04. The van der Waals surface area contributed by atoms with Crippen molar-refractivity contribution in [2.45, 2.75) is 65.7 Å².